The van der Waals surface area contributed by atoms with Crippen molar-refractivity contribution in [2.75, 3.05) is 51.3 Å². The van der Waals surface area contributed by atoms with E-state index in [1.807, 2.05) is 29.2 Å². The molecule has 168 valence electrons. The van der Waals surface area contributed by atoms with Crippen molar-refractivity contribution >= 4 is 5.69 Å². The smallest absolute Gasteiger partial charge is 0.142 e. The van der Waals surface area contributed by atoms with Gasteiger partial charge in [0.25, 0.3) is 0 Å². The number of benzene rings is 2. The summed E-state index contributed by atoms with van der Waals surface area (Å²) in [6, 6.07) is 19.8. The molecule has 3 heterocycles. The maximum absolute atomic E-state index is 5.57. The fraction of sp³-hybridized carbons (Fsp3) is 0.423. The number of anilines is 1. The van der Waals surface area contributed by atoms with E-state index in [-0.39, 0.29) is 0 Å². The first-order valence-corrected chi connectivity index (χ1v) is 11.7. The van der Waals surface area contributed by atoms with Gasteiger partial charge in [-0.05, 0) is 55.3 Å². The van der Waals surface area contributed by atoms with Crippen LogP contribution in [0.1, 0.15) is 18.4 Å². The Bertz CT molecular complexity index is 980. The van der Waals surface area contributed by atoms with E-state index in [2.05, 4.69) is 62.3 Å². The molecule has 2 aliphatic rings. The van der Waals surface area contributed by atoms with Gasteiger partial charge in [0.2, 0.25) is 0 Å². The van der Waals surface area contributed by atoms with Crippen molar-refractivity contribution in [2.24, 2.45) is 0 Å². The summed E-state index contributed by atoms with van der Waals surface area (Å²) in [6.07, 6.45) is 6.39. The number of para-hydroxylation sites is 2. The van der Waals surface area contributed by atoms with Crippen LogP contribution in [0.4, 0.5) is 5.69 Å². The minimum absolute atomic E-state index is 0.659. The number of piperidine rings is 1. The molecule has 2 fully saturated rings. The zero-order chi connectivity index (χ0) is 21.8. The fourth-order valence-electron chi connectivity index (χ4n) is 5.13. The maximum atomic E-state index is 5.57. The van der Waals surface area contributed by atoms with Gasteiger partial charge in [-0.25, -0.2) is 4.68 Å². The van der Waals surface area contributed by atoms with E-state index >= 15 is 0 Å². The van der Waals surface area contributed by atoms with Crippen LogP contribution in [0.15, 0.2) is 67.0 Å². The van der Waals surface area contributed by atoms with E-state index < -0.39 is 0 Å². The Balaban J connectivity index is 1.15. The van der Waals surface area contributed by atoms with E-state index in [1.54, 1.807) is 7.11 Å². The second kappa shape index (κ2) is 9.76. The lowest BCUT2D eigenvalue weighted by Crippen LogP contribution is -2.55. The van der Waals surface area contributed by atoms with Crippen LogP contribution in [-0.2, 0) is 6.54 Å². The molecule has 0 N–H and O–H groups in total. The molecule has 5 rings (SSSR count). The van der Waals surface area contributed by atoms with Crippen molar-refractivity contribution in [3.63, 3.8) is 0 Å². The van der Waals surface area contributed by atoms with Gasteiger partial charge >= 0.3 is 0 Å². The van der Waals surface area contributed by atoms with Gasteiger partial charge < -0.3 is 9.64 Å². The molecule has 2 saturated heterocycles. The number of nitrogens with zero attached hydrogens (tertiary/aromatic N) is 5. The summed E-state index contributed by atoms with van der Waals surface area (Å²) in [6.45, 7) is 7.74. The Morgan fingerprint density at radius 3 is 2.50 bits per heavy atom. The van der Waals surface area contributed by atoms with Gasteiger partial charge in [-0.3, -0.25) is 9.80 Å². The lowest BCUT2D eigenvalue weighted by atomic mass is 10.0. The molecule has 0 spiro atoms. The van der Waals surface area contributed by atoms with Crippen molar-refractivity contribution in [2.45, 2.75) is 25.4 Å². The maximum Gasteiger partial charge on any atom is 0.142 e. The van der Waals surface area contributed by atoms with E-state index in [1.165, 1.54) is 30.6 Å². The van der Waals surface area contributed by atoms with Gasteiger partial charge in [-0.15, -0.1) is 0 Å². The molecule has 1 aromatic heterocycles. The predicted molar refractivity (Wildman–Crippen MR) is 129 cm³/mol. The molecule has 0 amide bonds. The van der Waals surface area contributed by atoms with Crippen LogP contribution in [0.5, 0.6) is 5.75 Å². The summed E-state index contributed by atoms with van der Waals surface area (Å²) in [5.41, 5.74) is 3.71. The summed E-state index contributed by atoms with van der Waals surface area (Å²) < 4.78 is 7.48. The lowest BCUT2D eigenvalue weighted by molar-refractivity contribution is 0.0887. The first-order valence-electron chi connectivity index (χ1n) is 11.7. The highest BCUT2D eigenvalue weighted by molar-refractivity contribution is 5.58. The van der Waals surface area contributed by atoms with Gasteiger partial charge in [0.1, 0.15) is 5.75 Å². The van der Waals surface area contributed by atoms with Crippen molar-refractivity contribution in [1.29, 1.82) is 0 Å². The molecule has 0 saturated carbocycles. The third kappa shape index (κ3) is 4.66. The average molecular weight is 432 g/mol. The second-order valence-corrected chi connectivity index (χ2v) is 8.84. The number of methoxy groups -OCH3 is 1. The Morgan fingerprint density at radius 2 is 1.75 bits per heavy atom. The number of hydrogen-bond donors (Lipinski definition) is 0. The van der Waals surface area contributed by atoms with Crippen molar-refractivity contribution in [3.05, 3.63) is 72.6 Å². The van der Waals surface area contributed by atoms with E-state index in [4.69, 9.17) is 4.74 Å². The van der Waals surface area contributed by atoms with Crippen molar-refractivity contribution in [3.8, 4) is 11.4 Å². The largest absolute Gasteiger partial charge is 0.495 e. The van der Waals surface area contributed by atoms with Gasteiger partial charge in [0.05, 0.1) is 18.5 Å². The third-order valence-corrected chi connectivity index (χ3v) is 6.85. The van der Waals surface area contributed by atoms with Crippen molar-refractivity contribution in [1.82, 2.24) is 19.6 Å². The molecule has 0 aliphatic carbocycles. The molecule has 2 aliphatic heterocycles. The number of piperazine rings is 1. The molecule has 6 heteroatoms. The molecule has 32 heavy (non-hydrogen) atoms. The molecule has 2 aromatic carbocycles. The molecule has 3 aromatic rings. The summed E-state index contributed by atoms with van der Waals surface area (Å²) in [5.74, 6) is 0.975. The number of ether oxygens (including phenoxy) is 1. The van der Waals surface area contributed by atoms with E-state index in [0.717, 1.165) is 50.7 Å². The summed E-state index contributed by atoms with van der Waals surface area (Å²) >= 11 is 0. The Kier molecular flexibility index (Phi) is 6.41. The Labute approximate surface area is 191 Å². The van der Waals surface area contributed by atoms with Gasteiger partial charge in [-0.1, -0.05) is 24.3 Å². The quantitative estimate of drug-likeness (QED) is 0.595. The SMILES string of the molecule is COc1ccccc1N1CCN(C2CCCN(Cc3ccc(-n4cccn4)cc3)C2)CC1. The highest BCUT2D eigenvalue weighted by Crippen LogP contribution is 2.29. The molecular formula is C26H33N5O. The van der Waals surface area contributed by atoms with Crippen LogP contribution in [0.3, 0.4) is 0 Å². The summed E-state index contributed by atoms with van der Waals surface area (Å²) in [4.78, 5) is 7.81. The molecule has 6 nitrogen and oxygen atoms in total. The van der Waals surface area contributed by atoms with Gasteiger partial charge in [0, 0.05) is 57.7 Å². The third-order valence-electron chi connectivity index (χ3n) is 6.85. The predicted octanol–water partition coefficient (Wildman–Crippen LogP) is 3.67. The van der Waals surface area contributed by atoms with Gasteiger partial charge in [0.15, 0.2) is 0 Å². The molecular weight excluding hydrogens is 398 g/mol. The molecule has 1 unspecified atom stereocenters. The molecule has 1 atom stereocenters. The highest BCUT2D eigenvalue weighted by Gasteiger charge is 2.28. The molecule has 0 bridgehead atoms. The van der Waals surface area contributed by atoms with Crippen LogP contribution in [0.25, 0.3) is 5.69 Å². The van der Waals surface area contributed by atoms with E-state index in [9.17, 15) is 0 Å². The normalized spacial score (nSPS) is 20.4. The van der Waals surface area contributed by atoms with Crippen LogP contribution in [0, 0.1) is 0 Å². The van der Waals surface area contributed by atoms with Gasteiger partial charge in [-0.2, -0.15) is 5.10 Å². The van der Waals surface area contributed by atoms with E-state index in [0.29, 0.717) is 6.04 Å². The monoisotopic (exact) mass is 431 g/mol. The minimum Gasteiger partial charge on any atom is -0.495 e. The summed E-state index contributed by atoms with van der Waals surface area (Å²) in [7, 11) is 1.76. The van der Waals surface area contributed by atoms with Crippen LogP contribution < -0.4 is 9.64 Å². The summed E-state index contributed by atoms with van der Waals surface area (Å²) in [5, 5.41) is 4.32. The molecule has 0 radical (unpaired) electrons. The second-order valence-electron chi connectivity index (χ2n) is 8.84. The zero-order valence-corrected chi connectivity index (χ0v) is 18.9. The van der Waals surface area contributed by atoms with Crippen LogP contribution in [0.2, 0.25) is 0 Å². The lowest BCUT2D eigenvalue weighted by Gasteiger charge is -2.44. The van der Waals surface area contributed by atoms with Crippen molar-refractivity contribution < 1.29 is 4.74 Å². The average Bonchev–Trinajstić information content (AvgIpc) is 3.40. The first-order chi connectivity index (χ1) is 15.8. The number of hydrogen-bond acceptors (Lipinski definition) is 5. The highest BCUT2D eigenvalue weighted by atomic mass is 16.5. The zero-order valence-electron chi connectivity index (χ0n) is 18.9. The standard InChI is InChI=1S/C26H33N5O/c1-32-26-8-3-2-7-25(26)30-18-16-29(17-19-30)24-6-4-14-28(21-24)20-22-9-11-23(12-10-22)31-15-5-13-27-31/h2-3,5,7-13,15,24H,4,6,14,16-21H2,1H3. The minimum atomic E-state index is 0.659. The topological polar surface area (TPSA) is 36.8 Å². The van der Waals surface area contributed by atoms with Crippen LogP contribution >= 0.6 is 0 Å². The number of rotatable bonds is 6. The fourth-order valence-corrected chi connectivity index (χ4v) is 5.13. The van der Waals surface area contributed by atoms with Crippen LogP contribution in [-0.4, -0.2) is 72.0 Å². The Hall–Kier alpha value is -2.83. The first kappa shape index (κ1) is 21.0. The number of likely N-dealkylation sites (tertiary alicyclic amines) is 1. The number of aromatic nitrogens is 2. The Morgan fingerprint density at radius 1 is 0.938 bits per heavy atom.